The summed E-state index contributed by atoms with van der Waals surface area (Å²) in [5.74, 6) is 1.61. The third kappa shape index (κ3) is 2.78. The lowest BCUT2D eigenvalue weighted by atomic mass is 9.91. The average molecular weight is 250 g/mol. The second-order valence-electron chi connectivity index (χ2n) is 5.66. The molecule has 0 spiro atoms. The fourth-order valence-corrected chi connectivity index (χ4v) is 2.23. The highest BCUT2D eigenvalue weighted by Gasteiger charge is 2.27. The maximum absolute atomic E-state index is 5.82. The van der Waals surface area contributed by atoms with Crippen LogP contribution in [-0.4, -0.2) is 18.8 Å². The molecule has 0 unspecified atom stereocenters. The summed E-state index contributed by atoms with van der Waals surface area (Å²) in [7, 11) is 1.67. The molecular formula is C15H22O3. The summed E-state index contributed by atoms with van der Waals surface area (Å²) in [4.78, 5) is 0. The summed E-state index contributed by atoms with van der Waals surface area (Å²) in [5, 5.41) is 0. The maximum atomic E-state index is 5.82. The fourth-order valence-electron chi connectivity index (χ4n) is 2.23. The van der Waals surface area contributed by atoms with Crippen LogP contribution >= 0.6 is 0 Å². The molecule has 18 heavy (non-hydrogen) atoms. The van der Waals surface area contributed by atoms with Gasteiger partial charge < -0.3 is 14.2 Å². The van der Waals surface area contributed by atoms with Gasteiger partial charge in [-0.2, -0.15) is 0 Å². The van der Waals surface area contributed by atoms with Gasteiger partial charge in [-0.25, -0.2) is 0 Å². The Balaban J connectivity index is 2.37. The van der Waals surface area contributed by atoms with E-state index in [0.29, 0.717) is 6.61 Å². The van der Waals surface area contributed by atoms with Crippen LogP contribution in [0.2, 0.25) is 0 Å². The molecule has 1 aromatic carbocycles. The lowest BCUT2D eigenvalue weighted by Crippen LogP contribution is -2.31. The summed E-state index contributed by atoms with van der Waals surface area (Å²) >= 11 is 0. The van der Waals surface area contributed by atoms with E-state index in [0.717, 1.165) is 17.9 Å². The van der Waals surface area contributed by atoms with Gasteiger partial charge >= 0.3 is 0 Å². The SMILES string of the molecule is COc1cc2c(cc1OC(C)C)CC(C)(C)OC2. The van der Waals surface area contributed by atoms with Crippen LogP contribution in [0.5, 0.6) is 11.5 Å². The molecule has 0 bridgehead atoms. The predicted octanol–water partition coefficient (Wildman–Crippen LogP) is 3.33. The van der Waals surface area contributed by atoms with Crippen LogP contribution in [0.15, 0.2) is 12.1 Å². The standard InChI is InChI=1S/C15H22O3/c1-10(2)18-14-6-11-8-15(3,4)17-9-12(11)7-13(14)16-5/h6-7,10H,8-9H2,1-5H3. The summed E-state index contributed by atoms with van der Waals surface area (Å²) in [5.41, 5.74) is 2.39. The molecule has 0 amide bonds. The largest absolute Gasteiger partial charge is 0.493 e. The van der Waals surface area contributed by atoms with Crippen molar-refractivity contribution < 1.29 is 14.2 Å². The van der Waals surface area contributed by atoms with Gasteiger partial charge in [0.2, 0.25) is 0 Å². The summed E-state index contributed by atoms with van der Waals surface area (Å²) in [6, 6.07) is 4.13. The highest BCUT2D eigenvalue weighted by Crippen LogP contribution is 2.36. The molecule has 0 aromatic heterocycles. The normalized spacial score (nSPS) is 17.4. The van der Waals surface area contributed by atoms with Gasteiger partial charge in [0.05, 0.1) is 25.4 Å². The van der Waals surface area contributed by atoms with Crippen LogP contribution in [0.1, 0.15) is 38.8 Å². The van der Waals surface area contributed by atoms with Gasteiger partial charge in [-0.1, -0.05) is 0 Å². The Kier molecular flexibility index (Phi) is 3.53. The van der Waals surface area contributed by atoms with Crippen molar-refractivity contribution in [2.45, 2.75) is 52.4 Å². The van der Waals surface area contributed by atoms with Crippen LogP contribution in [0, 0.1) is 0 Å². The smallest absolute Gasteiger partial charge is 0.161 e. The van der Waals surface area contributed by atoms with E-state index in [4.69, 9.17) is 14.2 Å². The lowest BCUT2D eigenvalue weighted by Gasteiger charge is -2.32. The van der Waals surface area contributed by atoms with Gasteiger partial charge in [-0.3, -0.25) is 0 Å². The lowest BCUT2D eigenvalue weighted by molar-refractivity contribution is -0.0402. The van der Waals surface area contributed by atoms with Crippen LogP contribution in [-0.2, 0) is 17.8 Å². The zero-order chi connectivity index (χ0) is 13.3. The summed E-state index contributed by atoms with van der Waals surface area (Å²) < 4.78 is 17.0. The van der Waals surface area contributed by atoms with E-state index in [9.17, 15) is 0 Å². The van der Waals surface area contributed by atoms with E-state index in [1.807, 2.05) is 19.9 Å². The van der Waals surface area contributed by atoms with Crippen molar-refractivity contribution in [2.24, 2.45) is 0 Å². The maximum Gasteiger partial charge on any atom is 0.161 e. The van der Waals surface area contributed by atoms with Crippen molar-refractivity contribution in [2.75, 3.05) is 7.11 Å². The van der Waals surface area contributed by atoms with Crippen molar-refractivity contribution in [3.8, 4) is 11.5 Å². The molecule has 0 fully saturated rings. The monoisotopic (exact) mass is 250 g/mol. The van der Waals surface area contributed by atoms with E-state index >= 15 is 0 Å². The molecule has 0 radical (unpaired) electrons. The minimum absolute atomic E-state index is 0.101. The summed E-state index contributed by atoms with van der Waals surface area (Å²) in [6.45, 7) is 8.91. The molecule has 0 N–H and O–H groups in total. The van der Waals surface area contributed by atoms with Gasteiger partial charge in [0.1, 0.15) is 0 Å². The third-order valence-corrected chi connectivity index (χ3v) is 3.08. The Morgan fingerprint density at radius 3 is 2.44 bits per heavy atom. The molecular weight excluding hydrogens is 228 g/mol. The van der Waals surface area contributed by atoms with E-state index in [-0.39, 0.29) is 11.7 Å². The number of benzene rings is 1. The molecule has 1 aliphatic heterocycles. The van der Waals surface area contributed by atoms with Crippen molar-refractivity contribution in [3.05, 3.63) is 23.3 Å². The molecule has 0 saturated heterocycles. The van der Waals surface area contributed by atoms with E-state index in [2.05, 4.69) is 19.9 Å². The molecule has 1 aromatic rings. The van der Waals surface area contributed by atoms with Gasteiger partial charge in [-0.15, -0.1) is 0 Å². The second kappa shape index (κ2) is 4.81. The molecule has 2 rings (SSSR count). The first-order valence-electron chi connectivity index (χ1n) is 6.42. The average Bonchev–Trinajstić information content (AvgIpc) is 2.26. The minimum Gasteiger partial charge on any atom is -0.493 e. The van der Waals surface area contributed by atoms with E-state index < -0.39 is 0 Å². The number of methoxy groups -OCH3 is 1. The Hall–Kier alpha value is -1.22. The van der Waals surface area contributed by atoms with Crippen LogP contribution in [0.4, 0.5) is 0 Å². The highest BCUT2D eigenvalue weighted by molar-refractivity contribution is 5.48. The number of hydrogen-bond donors (Lipinski definition) is 0. The first-order chi connectivity index (χ1) is 8.41. The quantitative estimate of drug-likeness (QED) is 0.823. The molecule has 0 saturated carbocycles. The van der Waals surface area contributed by atoms with Gasteiger partial charge in [0.25, 0.3) is 0 Å². The topological polar surface area (TPSA) is 27.7 Å². The Morgan fingerprint density at radius 2 is 1.83 bits per heavy atom. The molecule has 100 valence electrons. The number of fused-ring (bicyclic) bond motifs is 1. The molecule has 3 nitrogen and oxygen atoms in total. The van der Waals surface area contributed by atoms with Crippen molar-refractivity contribution >= 4 is 0 Å². The first-order valence-corrected chi connectivity index (χ1v) is 6.42. The Morgan fingerprint density at radius 1 is 1.17 bits per heavy atom. The first kappa shape index (κ1) is 13.2. The zero-order valence-electron chi connectivity index (χ0n) is 11.9. The molecule has 3 heteroatoms. The number of ether oxygens (including phenoxy) is 3. The number of hydrogen-bond acceptors (Lipinski definition) is 3. The van der Waals surface area contributed by atoms with Crippen molar-refractivity contribution in [1.29, 1.82) is 0 Å². The van der Waals surface area contributed by atoms with Gasteiger partial charge in [0.15, 0.2) is 11.5 Å². The summed E-state index contributed by atoms with van der Waals surface area (Å²) in [6.07, 6.45) is 1.05. The highest BCUT2D eigenvalue weighted by atomic mass is 16.5. The minimum atomic E-state index is -0.101. The van der Waals surface area contributed by atoms with Crippen LogP contribution < -0.4 is 9.47 Å². The van der Waals surface area contributed by atoms with E-state index in [1.54, 1.807) is 7.11 Å². The fraction of sp³-hybridized carbons (Fsp3) is 0.600. The predicted molar refractivity (Wildman–Crippen MR) is 71.3 cm³/mol. The zero-order valence-corrected chi connectivity index (χ0v) is 11.9. The Bertz CT molecular complexity index is 424. The van der Waals surface area contributed by atoms with Crippen LogP contribution in [0.3, 0.4) is 0 Å². The van der Waals surface area contributed by atoms with E-state index in [1.165, 1.54) is 11.1 Å². The Labute approximate surface area is 109 Å². The molecule has 1 heterocycles. The third-order valence-electron chi connectivity index (χ3n) is 3.08. The molecule has 0 atom stereocenters. The number of rotatable bonds is 3. The molecule has 0 aliphatic carbocycles. The second-order valence-corrected chi connectivity index (χ2v) is 5.66. The van der Waals surface area contributed by atoms with Crippen molar-refractivity contribution in [1.82, 2.24) is 0 Å². The van der Waals surface area contributed by atoms with Crippen LogP contribution in [0.25, 0.3) is 0 Å². The molecule has 1 aliphatic rings. The van der Waals surface area contributed by atoms with Crippen molar-refractivity contribution in [3.63, 3.8) is 0 Å². The van der Waals surface area contributed by atoms with Gasteiger partial charge in [0, 0.05) is 6.42 Å². The van der Waals surface area contributed by atoms with Gasteiger partial charge in [-0.05, 0) is 51.0 Å².